The Bertz CT molecular complexity index is 387. The fourth-order valence-corrected chi connectivity index (χ4v) is 2.78. The Hall–Kier alpha value is -1.59. The molecule has 0 spiro atoms. The molecule has 0 saturated heterocycles. The molecule has 1 aliphatic carbocycles. The van der Waals surface area contributed by atoms with Crippen molar-refractivity contribution in [3.63, 3.8) is 0 Å². The predicted molar refractivity (Wildman–Crippen MR) is 78.7 cm³/mol. The number of carboxylic acid groups (broad SMARTS) is 1. The first-order valence-electron chi connectivity index (χ1n) is 7.74. The van der Waals surface area contributed by atoms with E-state index in [1.165, 1.54) is 0 Å². The van der Waals surface area contributed by atoms with Gasteiger partial charge < -0.3 is 15.7 Å². The van der Waals surface area contributed by atoms with Gasteiger partial charge in [0.25, 0.3) is 0 Å². The van der Waals surface area contributed by atoms with Gasteiger partial charge in [0.1, 0.15) is 5.54 Å². The fourth-order valence-electron chi connectivity index (χ4n) is 2.78. The summed E-state index contributed by atoms with van der Waals surface area (Å²) in [4.78, 5) is 34.8. The molecule has 1 aliphatic rings. The summed E-state index contributed by atoms with van der Waals surface area (Å²) in [5, 5.41) is 14.6. The normalized spacial score (nSPS) is 25.1. The van der Waals surface area contributed by atoms with Gasteiger partial charge in [0, 0.05) is 6.42 Å². The highest BCUT2D eigenvalue weighted by Crippen LogP contribution is 2.33. The van der Waals surface area contributed by atoms with Crippen molar-refractivity contribution in [3.05, 3.63) is 0 Å². The molecular weight excluding hydrogens is 272 g/mol. The van der Waals surface area contributed by atoms with Gasteiger partial charge in [-0.2, -0.15) is 0 Å². The molecule has 6 heteroatoms. The van der Waals surface area contributed by atoms with E-state index in [1.54, 1.807) is 0 Å². The molecule has 0 unspecified atom stereocenters. The lowest BCUT2D eigenvalue weighted by Gasteiger charge is -2.37. The summed E-state index contributed by atoms with van der Waals surface area (Å²) in [5.74, 6) is -1.06. The zero-order chi connectivity index (χ0) is 15.9. The zero-order valence-corrected chi connectivity index (χ0v) is 12.9. The Morgan fingerprint density at radius 3 is 2.24 bits per heavy atom. The molecule has 6 nitrogen and oxygen atoms in total. The average molecular weight is 298 g/mol. The zero-order valence-electron chi connectivity index (χ0n) is 12.9. The summed E-state index contributed by atoms with van der Waals surface area (Å²) in [6.07, 6.45) is 4.65. The van der Waals surface area contributed by atoms with Crippen molar-refractivity contribution >= 4 is 17.8 Å². The second-order valence-corrected chi connectivity index (χ2v) is 5.81. The number of carboxylic acids is 1. The van der Waals surface area contributed by atoms with E-state index in [2.05, 4.69) is 17.6 Å². The van der Waals surface area contributed by atoms with E-state index in [9.17, 15) is 19.5 Å². The Morgan fingerprint density at radius 2 is 1.76 bits per heavy atom. The van der Waals surface area contributed by atoms with Gasteiger partial charge in [-0.1, -0.05) is 20.3 Å². The summed E-state index contributed by atoms with van der Waals surface area (Å²) in [5.41, 5.74) is -1.17. The van der Waals surface area contributed by atoms with Gasteiger partial charge in [-0.3, -0.25) is 9.59 Å². The maximum absolute atomic E-state index is 11.9. The maximum Gasteiger partial charge on any atom is 0.329 e. The minimum Gasteiger partial charge on any atom is -0.480 e. The van der Waals surface area contributed by atoms with E-state index >= 15 is 0 Å². The third-order valence-corrected chi connectivity index (χ3v) is 4.25. The lowest BCUT2D eigenvalue weighted by Crippen LogP contribution is -2.58. The molecule has 1 saturated carbocycles. The molecule has 21 heavy (non-hydrogen) atoms. The number of nitrogens with one attached hydrogen (secondary N) is 2. The Kier molecular flexibility index (Phi) is 6.65. The van der Waals surface area contributed by atoms with Gasteiger partial charge in [-0.15, -0.1) is 0 Å². The summed E-state index contributed by atoms with van der Waals surface area (Å²) in [6, 6.07) is 0. The van der Waals surface area contributed by atoms with E-state index < -0.39 is 17.4 Å². The van der Waals surface area contributed by atoms with Crippen molar-refractivity contribution in [2.75, 3.05) is 6.54 Å². The maximum atomic E-state index is 11.9. The third kappa shape index (κ3) is 5.02. The molecule has 120 valence electrons. The van der Waals surface area contributed by atoms with E-state index in [4.69, 9.17) is 0 Å². The van der Waals surface area contributed by atoms with Crippen LogP contribution in [0.4, 0.5) is 0 Å². The number of hydrogen-bond acceptors (Lipinski definition) is 3. The van der Waals surface area contributed by atoms with Crippen LogP contribution < -0.4 is 10.6 Å². The predicted octanol–water partition coefficient (Wildman–Crippen LogP) is 1.44. The van der Waals surface area contributed by atoms with Gasteiger partial charge in [-0.05, 0) is 38.0 Å². The summed E-state index contributed by atoms with van der Waals surface area (Å²) in [6.45, 7) is 3.82. The quantitative estimate of drug-likeness (QED) is 0.662. The van der Waals surface area contributed by atoms with Crippen LogP contribution in [0.3, 0.4) is 0 Å². The van der Waals surface area contributed by atoms with Gasteiger partial charge in [0.2, 0.25) is 11.8 Å². The molecule has 0 radical (unpaired) electrons. The molecule has 0 atom stereocenters. The van der Waals surface area contributed by atoms with Gasteiger partial charge in [0.05, 0.1) is 6.54 Å². The number of aliphatic carboxylic acids is 1. The molecule has 3 N–H and O–H groups in total. The van der Waals surface area contributed by atoms with Crippen LogP contribution in [0, 0.1) is 5.92 Å². The largest absolute Gasteiger partial charge is 0.480 e. The highest BCUT2D eigenvalue weighted by atomic mass is 16.4. The smallest absolute Gasteiger partial charge is 0.329 e. The standard InChI is InChI=1S/C15H26N2O4/c1-3-5-12(18)16-10-13(19)17-15(14(20)21)8-6-11(4-2)7-9-15/h11H,3-10H2,1-2H3,(H,16,18)(H,17,19)(H,20,21). The van der Waals surface area contributed by atoms with Crippen molar-refractivity contribution < 1.29 is 19.5 Å². The number of hydrogen-bond donors (Lipinski definition) is 3. The molecular formula is C15H26N2O4. The second kappa shape index (κ2) is 8.00. The van der Waals surface area contributed by atoms with E-state index in [1.807, 2.05) is 6.92 Å². The van der Waals surface area contributed by atoms with Crippen LogP contribution in [0.2, 0.25) is 0 Å². The number of carbonyl (C=O) groups excluding carboxylic acids is 2. The average Bonchev–Trinajstić information content (AvgIpc) is 2.46. The fraction of sp³-hybridized carbons (Fsp3) is 0.800. The monoisotopic (exact) mass is 298 g/mol. The molecule has 0 aromatic carbocycles. The summed E-state index contributed by atoms with van der Waals surface area (Å²) < 4.78 is 0. The number of rotatable bonds is 7. The minimum atomic E-state index is -1.17. The van der Waals surface area contributed by atoms with Crippen LogP contribution in [-0.4, -0.2) is 35.0 Å². The van der Waals surface area contributed by atoms with Crippen LogP contribution in [0.5, 0.6) is 0 Å². The van der Waals surface area contributed by atoms with Gasteiger partial charge >= 0.3 is 5.97 Å². The molecule has 0 bridgehead atoms. The van der Waals surface area contributed by atoms with Gasteiger partial charge in [0.15, 0.2) is 0 Å². The number of carbonyl (C=O) groups is 3. The lowest BCUT2D eigenvalue weighted by atomic mass is 9.75. The molecule has 0 aromatic heterocycles. The van der Waals surface area contributed by atoms with Crippen molar-refractivity contribution in [2.45, 2.75) is 64.3 Å². The van der Waals surface area contributed by atoms with Crippen LogP contribution in [0.1, 0.15) is 58.8 Å². The molecule has 0 aromatic rings. The van der Waals surface area contributed by atoms with Crippen molar-refractivity contribution in [1.82, 2.24) is 10.6 Å². The van der Waals surface area contributed by atoms with Crippen LogP contribution in [-0.2, 0) is 14.4 Å². The second-order valence-electron chi connectivity index (χ2n) is 5.81. The first kappa shape index (κ1) is 17.5. The van der Waals surface area contributed by atoms with Crippen LogP contribution in [0.25, 0.3) is 0 Å². The SMILES string of the molecule is CCCC(=O)NCC(=O)NC1(C(=O)O)CCC(CC)CC1. The van der Waals surface area contributed by atoms with Crippen molar-refractivity contribution in [1.29, 1.82) is 0 Å². The lowest BCUT2D eigenvalue weighted by molar-refractivity contribution is -0.149. The van der Waals surface area contributed by atoms with Crippen LogP contribution >= 0.6 is 0 Å². The van der Waals surface area contributed by atoms with E-state index in [0.717, 1.165) is 19.3 Å². The first-order valence-corrected chi connectivity index (χ1v) is 7.74. The topological polar surface area (TPSA) is 95.5 Å². The van der Waals surface area contributed by atoms with Crippen molar-refractivity contribution in [3.8, 4) is 0 Å². The van der Waals surface area contributed by atoms with Crippen molar-refractivity contribution in [2.24, 2.45) is 5.92 Å². The molecule has 0 heterocycles. The first-order chi connectivity index (χ1) is 9.93. The minimum absolute atomic E-state index is 0.162. The summed E-state index contributed by atoms with van der Waals surface area (Å²) in [7, 11) is 0. The third-order valence-electron chi connectivity index (χ3n) is 4.25. The molecule has 2 amide bonds. The van der Waals surface area contributed by atoms with E-state index in [-0.39, 0.29) is 12.5 Å². The highest BCUT2D eigenvalue weighted by molar-refractivity contribution is 5.90. The van der Waals surface area contributed by atoms with Gasteiger partial charge in [-0.25, -0.2) is 4.79 Å². The molecule has 0 aliphatic heterocycles. The Labute approximate surface area is 125 Å². The summed E-state index contributed by atoms with van der Waals surface area (Å²) >= 11 is 0. The van der Waals surface area contributed by atoms with E-state index in [0.29, 0.717) is 31.6 Å². The van der Waals surface area contributed by atoms with Crippen LogP contribution in [0.15, 0.2) is 0 Å². The number of amides is 2. The Balaban J connectivity index is 2.53. The Morgan fingerprint density at radius 1 is 1.14 bits per heavy atom. The highest BCUT2D eigenvalue weighted by Gasteiger charge is 2.42. The molecule has 1 rings (SSSR count). The molecule has 1 fully saturated rings.